The number of nitrogens with zero attached hydrogens (tertiary/aromatic N) is 4. The lowest BCUT2D eigenvalue weighted by Crippen LogP contribution is -2.30. The Bertz CT molecular complexity index is 1030. The van der Waals surface area contributed by atoms with Crippen LogP contribution in [0, 0.1) is 18.8 Å². The SMILES string of the molecule is C=C/C(C)=N\n1cc(C(=O)N2C[C@H]3CC(c4ccccc4C(F)(F)F)C[C@H]3C2)nc1C. The van der Waals surface area contributed by atoms with Gasteiger partial charge < -0.3 is 4.90 Å². The molecule has 4 rings (SSSR count). The second-order valence-corrected chi connectivity index (χ2v) is 8.45. The molecule has 2 aromatic rings. The second kappa shape index (κ2) is 7.98. The Morgan fingerprint density at radius 2 is 1.87 bits per heavy atom. The van der Waals surface area contributed by atoms with Crippen molar-refractivity contribution in [2.24, 2.45) is 16.9 Å². The van der Waals surface area contributed by atoms with Crippen LogP contribution in [-0.4, -0.2) is 39.3 Å². The summed E-state index contributed by atoms with van der Waals surface area (Å²) in [7, 11) is 0. The van der Waals surface area contributed by atoms with Gasteiger partial charge in [-0.25, -0.2) is 9.66 Å². The van der Waals surface area contributed by atoms with Crippen LogP contribution in [0.2, 0.25) is 0 Å². The van der Waals surface area contributed by atoms with E-state index in [1.54, 1.807) is 40.9 Å². The fourth-order valence-electron chi connectivity index (χ4n) is 4.87. The number of amides is 1. The third kappa shape index (κ3) is 4.16. The third-order valence-corrected chi connectivity index (χ3v) is 6.38. The first-order chi connectivity index (χ1) is 14.7. The Morgan fingerprint density at radius 3 is 2.48 bits per heavy atom. The highest BCUT2D eigenvalue weighted by Crippen LogP contribution is 2.49. The summed E-state index contributed by atoms with van der Waals surface area (Å²) in [6.45, 7) is 8.35. The van der Waals surface area contributed by atoms with Gasteiger partial charge >= 0.3 is 6.18 Å². The number of carbonyl (C=O) groups is 1. The van der Waals surface area contributed by atoms with E-state index in [2.05, 4.69) is 16.7 Å². The molecule has 2 heterocycles. The number of fused-ring (bicyclic) bond motifs is 1. The van der Waals surface area contributed by atoms with E-state index in [0.29, 0.717) is 48.7 Å². The summed E-state index contributed by atoms with van der Waals surface area (Å²) in [4.78, 5) is 19.1. The summed E-state index contributed by atoms with van der Waals surface area (Å²) >= 11 is 0. The average Bonchev–Trinajstić information content (AvgIpc) is 3.40. The van der Waals surface area contributed by atoms with Gasteiger partial charge in [-0.3, -0.25) is 4.79 Å². The fourth-order valence-corrected chi connectivity index (χ4v) is 4.87. The van der Waals surface area contributed by atoms with Gasteiger partial charge in [0.1, 0.15) is 11.5 Å². The molecule has 0 N–H and O–H groups in total. The molecule has 2 fully saturated rings. The number of alkyl halides is 3. The quantitative estimate of drug-likeness (QED) is 0.649. The third-order valence-electron chi connectivity index (χ3n) is 6.38. The van der Waals surface area contributed by atoms with Crippen LogP contribution in [0.3, 0.4) is 0 Å². The Morgan fingerprint density at radius 1 is 1.23 bits per heavy atom. The average molecular weight is 430 g/mol. The largest absolute Gasteiger partial charge is 0.416 e. The van der Waals surface area contributed by atoms with Crippen LogP contribution in [0.15, 0.2) is 48.2 Å². The Labute approximate surface area is 179 Å². The van der Waals surface area contributed by atoms with Crippen molar-refractivity contribution in [1.29, 1.82) is 0 Å². The van der Waals surface area contributed by atoms with Crippen molar-refractivity contribution in [2.75, 3.05) is 13.1 Å². The minimum atomic E-state index is -4.35. The molecule has 1 aliphatic carbocycles. The smallest absolute Gasteiger partial charge is 0.337 e. The predicted molar refractivity (Wildman–Crippen MR) is 112 cm³/mol. The van der Waals surface area contributed by atoms with E-state index >= 15 is 0 Å². The number of halogens is 3. The van der Waals surface area contributed by atoms with Gasteiger partial charge in [-0.1, -0.05) is 24.8 Å². The molecule has 2 aliphatic rings. The highest BCUT2D eigenvalue weighted by atomic mass is 19.4. The summed E-state index contributed by atoms with van der Waals surface area (Å²) in [6, 6.07) is 5.86. The minimum Gasteiger partial charge on any atom is -0.337 e. The maximum atomic E-state index is 13.4. The van der Waals surface area contributed by atoms with E-state index in [1.807, 2.05) is 6.92 Å². The molecule has 1 amide bonds. The Hall–Kier alpha value is -2.90. The van der Waals surface area contributed by atoms with Crippen LogP contribution in [0.4, 0.5) is 13.2 Å². The zero-order valence-corrected chi connectivity index (χ0v) is 17.6. The van der Waals surface area contributed by atoms with Crippen LogP contribution >= 0.6 is 0 Å². The number of likely N-dealkylation sites (tertiary alicyclic amines) is 1. The number of carbonyl (C=O) groups excluding carboxylic acids is 1. The zero-order valence-electron chi connectivity index (χ0n) is 17.6. The topological polar surface area (TPSA) is 50.5 Å². The number of aromatic nitrogens is 2. The van der Waals surface area contributed by atoms with Crippen molar-refractivity contribution in [3.8, 4) is 0 Å². The molecular formula is C23H25F3N4O. The van der Waals surface area contributed by atoms with Crippen LogP contribution in [0.1, 0.15) is 53.1 Å². The number of aryl methyl sites for hydroxylation is 1. The molecule has 8 heteroatoms. The minimum absolute atomic E-state index is 0.122. The number of benzene rings is 1. The van der Waals surface area contributed by atoms with Gasteiger partial charge in [0.2, 0.25) is 0 Å². The van der Waals surface area contributed by atoms with E-state index in [0.717, 1.165) is 6.07 Å². The summed E-state index contributed by atoms with van der Waals surface area (Å²) in [5, 5.41) is 4.33. The van der Waals surface area contributed by atoms with Gasteiger partial charge in [0.05, 0.1) is 17.5 Å². The first kappa shape index (κ1) is 21.3. The van der Waals surface area contributed by atoms with Gasteiger partial charge in [0.25, 0.3) is 5.91 Å². The molecule has 3 atom stereocenters. The molecule has 1 saturated carbocycles. The summed E-state index contributed by atoms with van der Waals surface area (Å²) in [5.74, 6) is 0.740. The van der Waals surface area contributed by atoms with Crippen LogP contribution in [-0.2, 0) is 6.18 Å². The number of allylic oxidation sites excluding steroid dienone is 1. The molecule has 5 nitrogen and oxygen atoms in total. The Balaban J connectivity index is 1.46. The predicted octanol–water partition coefficient (Wildman–Crippen LogP) is 4.89. The maximum Gasteiger partial charge on any atom is 0.416 e. The first-order valence-corrected chi connectivity index (χ1v) is 10.4. The fraction of sp³-hybridized carbons (Fsp3) is 0.435. The molecular weight excluding hydrogens is 405 g/mol. The summed E-state index contributed by atoms with van der Waals surface area (Å²) in [5.41, 5.74) is 0.883. The van der Waals surface area contributed by atoms with Crippen molar-refractivity contribution in [3.05, 3.63) is 65.8 Å². The van der Waals surface area contributed by atoms with Gasteiger partial charge in [0.15, 0.2) is 0 Å². The van der Waals surface area contributed by atoms with Crippen molar-refractivity contribution >= 4 is 11.6 Å². The van der Waals surface area contributed by atoms with Crippen molar-refractivity contribution in [1.82, 2.24) is 14.6 Å². The monoisotopic (exact) mass is 430 g/mol. The normalized spacial score (nSPS) is 23.8. The Kier molecular flexibility index (Phi) is 5.49. The lowest BCUT2D eigenvalue weighted by Gasteiger charge is -2.21. The van der Waals surface area contributed by atoms with Gasteiger partial charge in [-0.2, -0.15) is 18.3 Å². The van der Waals surface area contributed by atoms with Crippen LogP contribution < -0.4 is 0 Å². The van der Waals surface area contributed by atoms with Gasteiger partial charge in [-0.05, 0) is 62.1 Å². The molecule has 0 radical (unpaired) electrons. The molecule has 1 aromatic heterocycles. The lowest BCUT2D eigenvalue weighted by molar-refractivity contribution is -0.138. The molecule has 164 valence electrons. The number of imidazole rings is 1. The maximum absolute atomic E-state index is 13.4. The van der Waals surface area contributed by atoms with E-state index in [4.69, 9.17) is 0 Å². The number of rotatable bonds is 4. The lowest BCUT2D eigenvalue weighted by atomic mass is 9.91. The van der Waals surface area contributed by atoms with Gasteiger partial charge in [-0.15, -0.1) is 0 Å². The molecule has 31 heavy (non-hydrogen) atoms. The van der Waals surface area contributed by atoms with Crippen molar-refractivity contribution in [3.63, 3.8) is 0 Å². The summed E-state index contributed by atoms with van der Waals surface area (Å²) < 4.78 is 41.8. The van der Waals surface area contributed by atoms with Crippen molar-refractivity contribution in [2.45, 2.75) is 38.8 Å². The van der Waals surface area contributed by atoms with E-state index < -0.39 is 11.7 Å². The van der Waals surface area contributed by atoms with E-state index in [1.165, 1.54) is 6.07 Å². The molecule has 1 aliphatic heterocycles. The highest BCUT2D eigenvalue weighted by Gasteiger charge is 2.45. The van der Waals surface area contributed by atoms with Crippen LogP contribution in [0.25, 0.3) is 0 Å². The standard InChI is InChI=1S/C23H25F3N4O/c1-4-14(2)28-30-13-21(27-15(30)3)22(31)29-11-17-9-16(10-18(17)12-29)19-7-5-6-8-20(19)23(24,25)26/h4-8,13,16-18H,1,9-12H2,2-3H3/b28-14-/t16?,17-,18+. The van der Waals surface area contributed by atoms with E-state index in [-0.39, 0.29) is 23.7 Å². The first-order valence-electron chi connectivity index (χ1n) is 10.4. The van der Waals surface area contributed by atoms with Crippen molar-refractivity contribution < 1.29 is 18.0 Å². The highest BCUT2D eigenvalue weighted by molar-refractivity contribution is 5.93. The van der Waals surface area contributed by atoms with Crippen LogP contribution in [0.5, 0.6) is 0 Å². The molecule has 0 spiro atoms. The van der Waals surface area contributed by atoms with Gasteiger partial charge in [0, 0.05) is 13.1 Å². The molecule has 1 aromatic carbocycles. The van der Waals surface area contributed by atoms with E-state index in [9.17, 15) is 18.0 Å². The second-order valence-electron chi connectivity index (χ2n) is 8.45. The number of hydrogen-bond acceptors (Lipinski definition) is 3. The summed E-state index contributed by atoms with van der Waals surface area (Å²) in [6.07, 6.45) is 0.214. The molecule has 1 unspecified atom stereocenters. The number of hydrogen-bond donors (Lipinski definition) is 0. The zero-order chi connectivity index (χ0) is 22.3. The molecule has 1 saturated heterocycles. The molecule has 0 bridgehead atoms.